The van der Waals surface area contributed by atoms with Crippen molar-refractivity contribution in [1.29, 1.82) is 0 Å². The third kappa shape index (κ3) is 3.80. The fraction of sp³-hybridized carbons (Fsp3) is 0.583. The van der Waals surface area contributed by atoms with Crippen molar-refractivity contribution in [2.24, 2.45) is 0 Å². The Morgan fingerprint density at radius 1 is 1.41 bits per heavy atom. The molecule has 0 aliphatic carbocycles. The van der Waals surface area contributed by atoms with E-state index in [0.717, 1.165) is 31.1 Å². The number of ether oxygens (including phenoxy) is 1. The predicted molar refractivity (Wildman–Crippen MR) is 70.8 cm³/mol. The number of rotatable bonds is 8. The molecule has 0 fully saturated rings. The summed E-state index contributed by atoms with van der Waals surface area (Å²) in [5.74, 6) is 0. The lowest BCUT2D eigenvalue weighted by Crippen LogP contribution is -2.20. The zero-order valence-corrected chi connectivity index (χ0v) is 11.0. The Morgan fingerprint density at radius 2 is 2.35 bits per heavy atom. The second-order valence-corrected chi connectivity index (χ2v) is 4.90. The van der Waals surface area contributed by atoms with Crippen molar-refractivity contribution >= 4 is 16.3 Å². The Morgan fingerprint density at radius 3 is 3.18 bits per heavy atom. The van der Waals surface area contributed by atoms with Crippen LogP contribution in [0.4, 0.5) is 0 Å². The van der Waals surface area contributed by atoms with E-state index in [4.69, 9.17) is 4.74 Å². The maximum absolute atomic E-state index is 4.97. The van der Waals surface area contributed by atoms with Gasteiger partial charge in [-0.15, -0.1) is 11.3 Å². The number of nitrogens with one attached hydrogen (secondary N) is 1. The first-order valence-corrected chi connectivity index (χ1v) is 6.89. The van der Waals surface area contributed by atoms with E-state index in [-0.39, 0.29) is 0 Å². The average molecular weight is 253 g/mol. The van der Waals surface area contributed by atoms with Gasteiger partial charge in [-0.3, -0.25) is 4.40 Å². The molecular formula is C12H19N3OS. The largest absolute Gasteiger partial charge is 0.383 e. The quantitative estimate of drug-likeness (QED) is 0.731. The summed E-state index contributed by atoms with van der Waals surface area (Å²) < 4.78 is 7.06. The van der Waals surface area contributed by atoms with Crippen LogP contribution >= 0.6 is 11.3 Å². The van der Waals surface area contributed by atoms with E-state index < -0.39 is 0 Å². The van der Waals surface area contributed by atoms with Gasteiger partial charge in [0.2, 0.25) is 0 Å². The first kappa shape index (κ1) is 12.5. The van der Waals surface area contributed by atoms with Crippen LogP contribution in [0.15, 0.2) is 17.8 Å². The molecule has 0 amide bonds. The van der Waals surface area contributed by atoms with Crippen molar-refractivity contribution < 1.29 is 4.74 Å². The Kier molecular flexibility index (Phi) is 4.97. The van der Waals surface area contributed by atoms with Gasteiger partial charge in [0.1, 0.15) is 0 Å². The van der Waals surface area contributed by atoms with Crippen LogP contribution in [-0.4, -0.2) is 36.2 Å². The average Bonchev–Trinajstić information content (AvgIpc) is 2.88. The maximum Gasteiger partial charge on any atom is 0.193 e. The Hall–Kier alpha value is -0.910. The first-order valence-electron chi connectivity index (χ1n) is 6.01. The van der Waals surface area contributed by atoms with Crippen LogP contribution in [0.1, 0.15) is 18.5 Å². The molecule has 0 spiro atoms. The normalized spacial score (nSPS) is 11.4. The van der Waals surface area contributed by atoms with Gasteiger partial charge in [0.25, 0.3) is 0 Å². The molecule has 0 aliphatic heterocycles. The molecule has 2 aromatic rings. The molecule has 94 valence electrons. The van der Waals surface area contributed by atoms with Crippen LogP contribution in [0.25, 0.3) is 4.96 Å². The van der Waals surface area contributed by atoms with Gasteiger partial charge < -0.3 is 10.1 Å². The molecule has 5 heteroatoms. The van der Waals surface area contributed by atoms with E-state index in [1.54, 1.807) is 18.4 Å². The zero-order chi connectivity index (χ0) is 11.9. The van der Waals surface area contributed by atoms with Crippen molar-refractivity contribution in [2.45, 2.75) is 19.3 Å². The number of hydrogen-bond acceptors (Lipinski definition) is 4. The zero-order valence-electron chi connectivity index (χ0n) is 10.2. The Bertz CT molecular complexity index is 409. The van der Waals surface area contributed by atoms with Crippen LogP contribution in [0.3, 0.4) is 0 Å². The number of fused-ring (bicyclic) bond motifs is 1. The molecule has 0 aromatic carbocycles. The molecule has 0 saturated heterocycles. The highest BCUT2D eigenvalue weighted by Gasteiger charge is 2.01. The summed E-state index contributed by atoms with van der Waals surface area (Å²) in [6, 6.07) is 0. The van der Waals surface area contributed by atoms with Gasteiger partial charge in [-0.05, 0) is 25.8 Å². The van der Waals surface area contributed by atoms with E-state index in [1.165, 1.54) is 18.5 Å². The van der Waals surface area contributed by atoms with Crippen LogP contribution in [-0.2, 0) is 11.2 Å². The fourth-order valence-electron chi connectivity index (χ4n) is 1.75. The number of unbranched alkanes of at least 4 members (excludes halogenated alkanes) is 1. The van der Waals surface area contributed by atoms with Gasteiger partial charge in [0, 0.05) is 31.4 Å². The van der Waals surface area contributed by atoms with Gasteiger partial charge in [0.05, 0.1) is 12.3 Å². The summed E-state index contributed by atoms with van der Waals surface area (Å²) in [5, 5.41) is 5.41. The van der Waals surface area contributed by atoms with Crippen LogP contribution in [0.5, 0.6) is 0 Å². The van der Waals surface area contributed by atoms with Crippen LogP contribution in [0.2, 0.25) is 0 Å². The Labute approximate surface area is 106 Å². The van der Waals surface area contributed by atoms with Gasteiger partial charge in [-0.1, -0.05) is 0 Å². The molecule has 0 radical (unpaired) electrons. The summed E-state index contributed by atoms with van der Waals surface area (Å²) in [5.41, 5.74) is 1.20. The lowest BCUT2D eigenvalue weighted by atomic mass is 10.2. The maximum atomic E-state index is 4.97. The van der Waals surface area contributed by atoms with Crippen molar-refractivity contribution in [2.75, 3.05) is 26.8 Å². The van der Waals surface area contributed by atoms with Gasteiger partial charge in [-0.25, -0.2) is 4.98 Å². The van der Waals surface area contributed by atoms with Crippen LogP contribution in [0, 0.1) is 0 Å². The number of thiazole rings is 1. The summed E-state index contributed by atoms with van der Waals surface area (Å²) in [4.78, 5) is 5.66. The first-order chi connectivity index (χ1) is 8.40. The van der Waals surface area contributed by atoms with E-state index in [9.17, 15) is 0 Å². The fourth-order valence-corrected chi connectivity index (χ4v) is 2.47. The molecule has 17 heavy (non-hydrogen) atoms. The van der Waals surface area contributed by atoms with Crippen molar-refractivity contribution in [3.05, 3.63) is 23.5 Å². The minimum Gasteiger partial charge on any atom is -0.383 e. The second kappa shape index (κ2) is 6.74. The van der Waals surface area contributed by atoms with E-state index in [2.05, 4.69) is 32.5 Å². The van der Waals surface area contributed by atoms with Crippen LogP contribution < -0.4 is 5.32 Å². The standard InChI is InChI=1S/C12H19N3OS/c1-16-8-6-13-5-3-2-4-11-10-15-7-9-17-12(15)14-11/h7,9-10,13H,2-6,8H2,1H3. The smallest absolute Gasteiger partial charge is 0.193 e. The molecule has 2 aromatic heterocycles. The number of nitrogens with zero attached hydrogens (tertiary/aromatic N) is 2. The minimum atomic E-state index is 0.789. The predicted octanol–water partition coefficient (Wildman–Crippen LogP) is 1.95. The monoisotopic (exact) mass is 253 g/mol. The van der Waals surface area contributed by atoms with Gasteiger partial charge in [0.15, 0.2) is 4.96 Å². The van der Waals surface area contributed by atoms with Gasteiger partial charge in [-0.2, -0.15) is 0 Å². The highest BCUT2D eigenvalue weighted by Crippen LogP contribution is 2.12. The molecule has 0 saturated carbocycles. The highest BCUT2D eigenvalue weighted by molar-refractivity contribution is 7.15. The van der Waals surface area contributed by atoms with Crippen molar-refractivity contribution in [3.63, 3.8) is 0 Å². The third-order valence-electron chi connectivity index (χ3n) is 2.66. The summed E-state index contributed by atoms with van der Waals surface area (Å²) in [6.07, 6.45) is 7.63. The molecule has 1 N–H and O–H groups in total. The number of imidazole rings is 1. The van der Waals surface area contributed by atoms with Gasteiger partial charge >= 0.3 is 0 Å². The lowest BCUT2D eigenvalue weighted by molar-refractivity contribution is 0.199. The number of aromatic nitrogens is 2. The summed E-state index contributed by atoms with van der Waals surface area (Å²) in [7, 11) is 1.73. The second-order valence-electron chi connectivity index (χ2n) is 4.02. The lowest BCUT2D eigenvalue weighted by Gasteiger charge is -2.02. The van der Waals surface area contributed by atoms with Crippen molar-refractivity contribution in [3.8, 4) is 0 Å². The Balaban J connectivity index is 1.60. The SMILES string of the molecule is COCCNCCCCc1cn2ccsc2n1. The molecule has 2 rings (SSSR count). The topological polar surface area (TPSA) is 38.6 Å². The molecule has 0 aliphatic rings. The molecule has 0 unspecified atom stereocenters. The molecule has 0 atom stereocenters. The molecule has 4 nitrogen and oxygen atoms in total. The summed E-state index contributed by atoms with van der Waals surface area (Å²) >= 11 is 1.69. The van der Waals surface area contributed by atoms with E-state index in [1.807, 2.05) is 0 Å². The third-order valence-corrected chi connectivity index (χ3v) is 3.43. The molecular weight excluding hydrogens is 234 g/mol. The highest BCUT2D eigenvalue weighted by atomic mass is 32.1. The summed E-state index contributed by atoms with van der Waals surface area (Å²) in [6.45, 7) is 2.79. The van der Waals surface area contributed by atoms with Crippen molar-refractivity contribution in [1.82, 2.24) is 14.7 Å². The van der Waals surface area contributed by atoms with E-state index >= 15 is 0 Å². The minimum absolute atomic E-state index is 0.789. The molecule has 2 heterocycles. The number of aryl methyl sites for hydroxylation is 1. The van der Waals surface area contributed by atoms with E-state index in [0.29, 0.717) is 0 Å². The number of methoxy groups -OCH3 is 1. The number of hydrogen-bond donors (Lipinski definition) is 1. The molecule has 0 bridgehead atoms.